The monoisotopic (exact) mass is 240 g/mol. The van der Waals surface area contributed by atoms with E-state index in [0.717, 1.165) is 17.0 Å². The molecule has 6 nitrogen and oxygen atoms in total. The van der Waals surface area contributed by atoms with E-state index in [1.54, 1.807) is 9.36 Å². The summed E-state index contributed by atoms with van der Waals surface area (Å²) in [7, 11) is 1.81. The molecule has 0 saturated carbocycles. The number of halogens is 1. The van der Waals surface area contributed by atoms with Gasteiger partial charge in [0.15, 0.2) is 0 Å². The first-order valence-electron chi connectivity index (χ1n) is 4.89. The van der Waals surface area contributed by atoms with Crippen molar-refractivity contribution in [2.24, 2.45) is 12.8 Å². The molecule has 0 atom stereocenters. The Morgan fingerprint density at radius 3 is 2.75 bits per heavy atom. The van der Waals surface area contributed by atoms with Crippen LogP contribution < -0.4 is 5.73 Å². The first kappa shape index (κ1) is 11.1. The van der Waals surface area contributed by atoms with Crippen molar-refractivity contribution in [3.63, 3.8) is 0 Å². The molecule has 7 heteroatoms. The normalized spacial score (nSPS) is 11.0. The number of hydrogen-bond donors (Lipinski definition) is 1. The lowest BCUT2D eigenvalue weighted by molar-refractivity contribution is 0.647. The minimum absolute atomic E-state index is 0.389. The van der Waals surface area contributed by atoms with E-state index in [1.165, 1.54) is 0 Å². The predicted octanol–water partition coefficient (Wildman–Crippen LogP) is 0.480. The molecule has 0 radical (unpaired) electrons. The summed E-state index contributed by atoms with van der Waals surface area (Å²) in [5.74, 6) is 0. The summed E-state index contributed by atoms with van der Waals surface area (Å²) in [6.45, 7) is 2.87. The Balaban J connectivity index is 2.26. The second-order valence-corrected chi connectivity index (χ2v) is 3.95. The molecular formula is C9H13ClN6. The molecule has 0 amide bonds. The van der Waals surface area contributed by atoms with Crippen LogP contribution in [0, 0.1) is 6.92 Å². The summed E-state index contributed by atoms with van der Waals surface area (Å²) in [6.07, 6.45) is 1.81. The second kappa shape index (κ2) is 4.23. The number of hydrogen-bond acceptors (Lipinski definition) is 4. The third kappa shape index (κ3) is 1.94. The van der Waals surface area contributed by atoms with Gasteiger partial charge in [-0.05, 0) is 6.92 Å². The summed E-state index contributed by atoms with van der Waals surface area (Å²) in [6, 6.07) is 0. The number of rotatable bonds is 3. The SMILES string of the molecule is Cc1nn(C)c(Cl)c1Cn1cc(CN)nn1. The Bertz CT molecular complexity index is 500. The van der Waals surface area contributed by atoms with Gasteiger partial charge < -0.3 is 5.73 Å². The van der Waals surface area contributed by atoms with Crippen LogP contribution >= 0.6 is 11.6 Å². The van der Waals surface area contributed by atoms with Crippen molar-refractivity contribution in [2.75, 3.05) is 0 Å². The van der Waals surface area contributed by atoms with Crippen LogP contribution in [0.5, 0.6) is 0 Å². The summed E-state index contributed by atoms with van der Waals surface area (Å²) in [5.41, 5.74) is 8.08. The lowest BCUT2D eigenvalue weighted by Gasteiger charge is -1.99. The van der Waals surface area contributed by atoms with E-state index < -0.39 is 0 Å². The Labute approximate surface area is 98.0 Å². The van der Waals surface area contributed by atoms with Crippen molar-refractivity contribution in [3.05, 3.63) is 28.3 Å². The van der Waals surface area contributed by atoms with Gasteiger partial charge in [0.2, 0.25) is 0 Å². The lowest BCUT2D eigenvalue weighted by atomic mass is 10.2. The van der Waals surface area contributed by atoms with E-state index in [0.29, 0.717) is 18.2 Å². The molecule has 16 heavy (non-hydrogen) atoms. The fraction of sp³-hybridized carbons (Fsp3) is 0.444. The lowest BCUT2D eigenvalue weighted by Crippen LogP contribution is -2.02. The van der Waals surface area contributed by atoms with E-state index in [2.05, 4.69) is 15.4 Å². The Hall–Kier alpha value is -1.40. The quantitative estimate of drug-likeness (QED) is 0.847. The van der Waals surface area contributed by atoms with Gasteiger partial charge in [-0.3, -0.25) is 4.68 Å². The topological polar surface area (TPSA) is 74.5 Å². The third-order valence-electron chi connectivity index (χ3n) is 2.39. The molecule has 2 rings (SSSR count). The van der Waals surface area contributed by atoms with E-state index in [9.17, 15) is 0 Å². The van der Waals surface area contributed by atoms with Gasteiger partial charge in [-0.25, -0.2) is 4.68 Å². The molecule has 0 unspecified atom stereocenters. The fourth-order valence-electron chi connectivity index (χ4n) is 1.52. The molecule has 0 spiro atoms. The first-order valence-corrected chi connectivity index (χ1v) is 5.26. The van der Waals surface area contributed by atoms with Crippen molar-refractivity contribution in [3.8, 4) is 0 Å². The van der Waals surface area contributed by atoms with Gasteiger partial charge in [-0.2, -0.15) is 5.10 Å². The van der Waals surface area contributed by atoms with E-state index in [4.69, 9.17) is 17.3 Å². The summed E-state index contributed by atoms with van der Waals surface area (Å²) in [5, 5.41) is 12.7. The summed E-state index contributed by atoms with van der Waals surface area (Å²) in [4.78, 5) is 0. The smallest absolute Gasteiger partial charge is 0.132 e. The van der Waals surface area contributed by atoms with E-state index in [-0.39, 0.29) is 0 Å². The molecule has 0 aliphatic heterocycles. The van der Waals surface area contributed by atoms with Crippen molar-refractivity contribution in [2.45, 2.75) is 20.0 Å². The van der Waals surface area contributed by atoms with Gasteiger partial charge in [0.25, 0.3) is 0 Å². The summed E-state index contributed by atoms with van der Waals surface area (Å²) < 4.78 is 3.35. The van der Waals surface area contributed by atoms with Crippen LogP contribution in [0.1, 0.15) is 17.0 Å². The Morgan fingerprint density at radius 2 is 2.25 bits per heavy atom. The molecule has 86 valence electrons. The Kier molecular flexibility index (Phi) is 2.93. The zero-order chi connectivity index (χ0) is 11.7. The maximum atomic E-state index is 6.12. The van der Waals surface area contributed by atoms with Crippen LogP contribution in [0.2, 0.25) is 5.15 Å². The van der Waals surface area contributed by atoms with Gasteiger partial charge in [-0.15, -0.1) is 5.10 Å². The van der Waals surface area contributed by atoms with Crippen molar-refractivity contribution in [1.29, 1.82) is 0 Å². The number of aromatic nitrogens is 5. The minimum Gasteiger partial charge on any atom is -0.325 e. The maximum Gasteiger partial charge on any atom is 0.132 e. The van der Waals surface area contributed by atoms with E-state index in [1.807, 2.05) is 20.2 Å². The molecule has 0 aliphatic carbocycles. The van der Waals surface area contributed by atoms with Crippen molar-refractivity contribution in [1.82, 2.24) is 24.8 Å². The molecule has 0 bridgehead atoms. The largest absolute Gasteiger partial charge is 0.325 e. The zero-order valence-electron chi connectivity index (χ0n) is 9.18. The first-order chi connectivity index (χ1) is 7.61. The van der Waals surface area contributed by atoms with Crippen LogP contribution in [0.4, 0.5) is 0 Å². The van der Waals surface area contributed by atoms with Gasteiger partial charge in [0.1, 0.15) is 5.15 Å². The van der Waals surface area contributed by atoms with Gasteiger partial charge >= 0.3 is 0 Å². The molecule has 0 saturated heterocycles. The number of nitrogens with zero attached hydrogens (tertiary/aromatic N) is 5. The van der Waals surface area contributed by atoms with Gasteiger partial charge in [0.05, 0.1) is 24.1 Å². The number of nitrogens with two attached hydrogens (primary N) is 1. The molecule has 2 aromatic heterocycles. The average Bonchev–Trinajstić information content (AvgIpc) is 2.80. The highest BCUT2D eigenvalue weighted by molar-refractivity contribution is 6.30. The van der Waals surface area contributed by atoms with E-state index >= 15 is 0 Å². The molecule has 2 aromatic rings. The summed E-state index contributed by atoms with van der Waals surface area (Å²) >= 11 is 6.12. The predicted molar refractivity (Wildman–Crippen MR) is 60.0 cm³/mol. The minimum atomic E-state index is 0.389. The van der Waals surface area contributed by atoms with Crippen LogP contribution in [-0.4, -0.2) is 24.8 Å². The highest BCUT2D eigenvalue weighted by Gasteiger charge is 2.12. The maximum absolute atomic E-state index is 6.12. The van der Waals surface area contributed by atoms with Crippen molar-refractivity contribution >= 4 is 11.6 Å². The third-order valence-corrected chi connectivity index (χ3v) is 2.86. The highest BCUT2D eigenvalue weighted by atomic mass is 35.5. The highest BCUT2D eigenvalue weighted by Crippen LogP contribution is 2.19. The Morgan fingerprint density at radius 1 is 1.50 bits per heavy atom. The molecule has 0 aromatic carbocycles. The number of aryl methyl sites for hydroxylation is 2. The van der Waals surface area contributed by atoms with Crippen LogP contribution in [-0.2, 0) is 20.1 Å². The average molecular weight is 241 g/mol. The molecule has 2 heterocycles. The van der Waals surface area contributed by atoms with Gasteiger partial charge in [-0.1, -0.05) is 16.8 Å². The van der Waals surface area contributed by atoms with Crippen molar-refractivity contribution < 1.29 is 0 Å². The molecular weight excluding hydrogens is 228 g/mol. The molecule has 2 N–H and O–H groups in total. The van der Waals surface area contributed by atoms with Gasteiger partial charge in [0, 0.05) is 19.2 Å². The van der Waals surface area contributed by atoms with Crippen LogP contribution in [0.25, 0.3) is 0 Å². The van der Waals surface area contributed by atoms with Crippen LogP contribution in [0.3, 0.4) is 0 Å². The second-order valence-electron chi connectivity index (χ2n) is 3.59. The van der Waals surface area contributed by atoms with Crippen LogP contribution in [0.15, 0.2) is 6.20 Å². The zero-order valence-corrected chi connectivity index (χ0v) is 9.94. The fourth-order valence-corrected chi connectivity index (χ4v) is 1.76. The molecule has 0 fully saturated rings. The standard InChI is InChI=1S/C9H13ClN6/c1-6-8(9(10)15(2)13-6)5-16-4-7(3-11)12-14-16/h4H,3,5,11H2,1-2H3. The molecule has 0 aliphatic rings.